The van der Waals surface area contributed by atoms with Crippen molar-refractivity contribution < 1.29 is 4.79 Å². The zero-order valence-corrected chi connectivity index (χ0v) is 9.80. The lowest BCUT2D eigenvalue weighted by molar-refractivity contribution is 0.0972. The monoisotopic (exact) mass is 237 g/mol. The van der Waals surface area contributed by atoms with Crippen LogP contribution in [0.25, 0.3) is 0 Å². The van der Waals surface area contributed by atoms with Crippen molar-refractivity contribution in [3.63, 3.8) is 0 Å². The first-order valence-electron chi connectivity index (χ1n) is 5.31. The molecular formula is C11H15N3OS. The topological polar surface area (TPSA) is 68.0 Å². The first kappa shape index (κ1) is 11.4. The molecule has 1 aromatic heterocycles. The van der Waals surface area contributed by atoms with Crippen LogP contribution in [0.4, 0.5) is 5.69 Å². The number of ketones is 1. The van der Waals surface area contributed by atoms with Gasteiger partial charge in [-0.15, -0.1) is 0 Å². The van der Waals surface area contributed by atoms with Crippen LogP contribution in [0.1, 0.15) is 16.8 Å². The van der Waals surface area contributed by atoms with Crippen LogP contribution in [0, 0.1) is 0 Å². The summed E-state index contributed by atoms with van der Waals surface area (Å²) in [7, 11) is 0. The summed E-state index contributed by atoms with van der Waals surface area (Å²) in [5.41, 5.74) is 6.80. The number of hydrogen-bond acceptors (Lipinski definition) is 5. The number of thioether (sulfide) groups is 1. The second kappa shape index (κ2) is 5.32. The fourth-order valence-corrected chi connectivity index (χ4v) is 2.67. The Morgan fingerprint density at radius 1 is 1.69 bits per heavy atom. The molecule has 3 N–H and O–H groups in total. The Kier molecular flexibility index (Phi) is 3.79. The Morgan fingerprint density at radius 3 is 3.25 bits per heavy atom. The highest BCUT2D eigenvalue weighted by Gasteiger charge is 2.18. The van der Waals surface area contributed by atoms with E-state index < -0.39 is 0 Å². The number of carbonyl (C=O) groups is 1. The SMILES string of the molecule is Nc1ccncc1C(=O)CC1CSCCN1. The average molecular weight is 237 g/mol. The molecule has 0 spiro atoms. The number of pyridine rings is 1. The summed E-state index contributed by atoms with van der Waals surface area (Å²) in [5, 5.41) is 3.34. The van der Waals surface area contributed by atoms with Gasteiger partial charge in [0.15, 0.2) is 5.78 Å². The summed E-state index contributed by atoms with van der Waals surface area (Å²) in [6, 6.07) is 1.93. The third-order valence-electron chi connectivity index (χ3n) is 2.59. The number of hydrogen-bond donors (Lipinski definition) is 2. The summed E-state index contributed by atoms with van der Waals surface area (Å²) in [4.78, 5) is 15.9. The maximum atomic E-state index is 12.0. The number of carbonyl (C=O) groups excluding carboxylic acids is 1. The smallest absolute Gasteiger partial charge is 0.168 e. The number of aromatic nitrogens is 1. The molecule has 5 heteroatoms. The third kappa shape index (κ3) is 2.74. The van der Waals surface area contributed by atoms with E-state index in [1.165, 1.54) is 0 Å². The molecule has 2 rings (SSSR count). The van der Waals surface area contributed by atoms with Crippen molar-refractivity contribution in [2.45, 2.75) is 12.5 Å². The molecule has 2 heterocycles. The summed E-state index contributed by atoms with van der Waals surface area (Å²) in [6.45, 7) is 0.977. The van der Waals surface area contributed by atoms with E-state index in [9.17, 15) is 4.79 Å². The van der Waals surface area contributed by atoms with Crippen molar-refractivity contribution in [3.05, 3.63) is 24.0 Å². The Hall–Kier alpha value is -1.07. The molecule has 0 saturated carbocycles. The van der Waals surface area contributed by atoms with E-state index in [0.717, 1.165) is 18.1 Å². The average Bonchev–Trinajstić information content (AvgIpc) is 2.31. The summed E-state index contributed by atoms with van der Waals surface area (Å²) in [5.74, 6) is 2.19. The van der Waals surface area contributed by atoms with E-state index in [0.29, 0.717) is 17.7 Å². The Morgan fingerprint density at radius 2 is 2.56 bits per heavy atom. The van der Waals surface area contributed by atoms with Gasteiger partial charge in [-0.2, -0.15) is 11.8 Å². The van der Waals surface area contributed by atoms with Gasteiger partial charge in [0.2, 0.25) is 0 Å². The quantitative estimate of drug-likeness (QED) is 0.766. The standard InChI is InChI=1S/C11H15N3OS/c12-10-1-2-13-6-9(10)11(15)5-8-7-16-4-3-14-8/h1-2,6,8,14H,3-5,7H2,(H2,12,13). The molecule has 0 amide bonds. The molecular weight excluding hydrogens is 222 g/mol. The molecule has 1 aromatic rings. The summed E-state index contributed by atoms with van der Waals surface area (Å²) < 4.78 is 0. The first-order chi connectivity index (χ1) is 7.77. The minimum Gasteiger partial charge on any atom is -0.398 e. The van der Waals surface area contributed by atoms with Gasteiger partial charge >= 0.3 is 0 Å². The summed E-state index contributed by atoms with van der Waals surface area (Å²) >= 11 is 1.88. The van der Waals surface area contributed by atoms with Crippen molar-refractivity contribution in [2.75, 3.05) is 23.8 Å². The van der Waals surface area contributed by atoms with Crippen LogP contribution < -0.4 is 11.1 Å². The van der Waals surface area contributed by atoms with Crippen molar-refractivity contribution in [3.8, 4) is 0 Å². The van der Waals surface area contributed by atoms with Gasteiger partial charge in [0.1, 0.15) is 0 Å². The molecule has 0 aromatic carbocycles. The van der Waals surface area contributed by atoms with Crippen LogP contribution in [0.5, 0.6) is 0 Å². The Labute approximate surface area is 99.0 Å². The van der Waals surface area contributed by atoms with Gasteiger partial charge in [-0.05, 0) is 6.07 Å². The first-order valence-corrected chi connectivity index (χ1v) is 6.46. The molecule has 1 unspecified atom stereocenters. The zero-order chi connectivity index (χ0) is 11.4. The normalized spacial score (nSPS) is 20.6. The highest BCUT2D eigenvalue weighted by molar-refractivity contribution is 7.99. The number of rotatable bonds is 3. The van der Waals surface area contributed by atoms with E-state index in [-0.39, 0.29) is 11.8 Å². The van der Waals surface area contributed by atoms with Gasteiger partial charge in [-0.25, -0.2) is 0 Å². The van der Waals surface area contributed by atoms with Gasteiger partial charge in [0.25, 0.3) is 0 Å². The molecule has 0 aliphatic carbocycles. The van der Waals surface area contributed by atoms with Gasteiger partial charge in [-0.3, -0.25) is 9.78 Å². The molecule has 0 bridgehead atoms. The Balaban J connectivity index is 2.00. The lowest BCUT2D eigenvalue weighted by Crippen LogP contribution is -2.38. The summed E-state index contributed by atoms with van der Waals surface area (Å²) in [6.07, 6.45) is 3.65. The van der Waals surface area contributed by atoms with Gasteiger partial charge < -0.3 is 11.1 Å². The van der Waals surface area contributed by atoms with Crippen LogP contribution in [-0.2, 0) is 0 Å². The minimum atomic E-state index is 0.0746. The van der Waals surface area contributed by atoms with E-state index in [2.05, 4.69) is 10.3 Å². The lowest BCUT2D eigenvalue weighted by Gasteiger charge is -2.22. The number of nitrogen functional groups attached to an aromatic ring is 1. The molecule has 16 heavy (non-hydrogen) atoms. The molecule has 0 radical (unpaired) electrons. The van der Waals surface area contributed by atoms with Crippen molar-refractivity contribution in [1.82, 2.24) is 10.3 Å². The van der Waals surface area contributed by atoms with E-state index in [1.54, 1.807) is 18.5 Å². The number of nitrogens with two attached hydrogens (primary N) is 1. The molecule has 1 saturated heterocycles. The largest absolute Gasteiger partial charge is 0.398 e. The van der Waals surface area contributed by atoms with Crippen LogP contribution >= 0.6 is 11.8 Å². The van der Waals surface area contributed by atoms with Gasteiger partial charge in [-0.1, -0.05) is 0 Å². The fourth-order valence-electron chi connectivity index (χ4n) is 1.72. The Bertz CT molecular complexity index is 377. The van der Waals surface area contributed by atoms with Crippen molar-refractivity contribution in [1.29, 1.82) is 0 Å². The van der Waals surface area contributed by atoms with Gasteiger partial charge in [0, 0.05) is 48.6 Å². The highest BCUT2D eigenvalue weighted by atomic mass is 32.2. The zero-order valence-electron chi connectivity index (χ0n) is 8.98. The lowest BCUT2D eigenvalue weighted by atomic mass is 10.0. The van der Waals surface area contributed by atoms with Crippen molar-refractivity contribution in [2.24, 2.45) is 0 Å². The fraction of sp³-hybridized carbons (Fsp3) is 0.455. The third-order valence-corrected chi connectivity index (χ3v) is 3.72. The number of nitrogens with one attached hydrogen (secondary N) is 1. The minimum absolute atomic E-state index is 0.0746. The predicted molar refractivity (Wildman–Crippen MR) is 66.7 cm³/mol. The van der Waals surface area contributed by atoms with Crippen LogP contribution in [0.3, 0.4) is 0 Å². The number of nitrogens with zero attached hydrogens (tertiary/aromatic N) is 1. The van der Waals surface area contributed by atoms with Gasteiger partial charge in [0.05, 0.1) is 5.56 Å². The molecule has 1 fully saturated rings. The second-order valence-corrected chi connectivity index (χ2v) is 4.97. The number of Topliss-reactive ketones (excluding diaryl/α,β-unsaturated/α-hetero) is 1. The van der Waals surface area contributed by atoms with Crippen LogP contribution in [0.15, 0.2) is 18.5 Å². The van der Waals surface area contributed by atoms with Crippen molar-refractivity contribution >= 4 is 23.2 Å². The maximum absolute atomic E-state index is 12.0. The van der Waals surface area contributed by atoms with Crippen LogP contribution in [0.2, 0.25) is 0 Å². The molecule has 1 aliphatic rings. The molecule has 1 atom stereocenters. The van der Waals surface area contributed by atoms with Crippen LogP contribution in [-0.4, -0.2) is 34.9 Å². The maximum Gasteiger partial charge on any atom is 0.168 e. The van der Waals surface area contributed by atoms with E-state index in [4.69, 9.17) is 5.73 Å². The molecule has 4 nitrogen and oxygen atoms in total. The molecule has 1 aliphatic heterocycles. The molecule has 86 valence electrons. The van der Waals surface area contributed by atoms with E-state index >= 15 is 0 Å². The van der Waals surface area contributed by atoms with E-state index in [1.807, 2.05) is 11.8 Å². The highest BCUT2D eigenvalue weighted by Crippen LogP contribution is 2.16. The number of anilines is 1. The predicted octanol–water partition coefficient (Wildman–Crippen LogP) is 0.942. The second-order valence-electron chi connectivity index (χ2n) is 3.82.